The predicted molar refractivity (Wildman–Crippen MR) is 45.1 cm³/mol. The second-order valence-corrected chi connectivity index (χ2v) is 3.24. The summed E-state index contributed by atoms with van der Waals surface area (Å²) in [6, 6.07) is 1.63. The standard InChI is InChI=1S/C7H9NO2S/c1-2-4-3-5(7(9)10)11-6(4)8/h3H,2,8H2,1H3,(H,9,10). The van der Waals surface area contributed by atoms with E-state index in [0.29, 0.717) is 9.88 Å². The molecule has 3 nitrogen and oxygen atoms in total. The van der Waals surface area contributed by atoms with Crippen molar-refractivity contribution in [1.82, 2.24) is 0 Å². The van der Waals surface area contributed by atoms with Crippen LogP contribution in [-0.2, 0) is 6.42 Å². The molecule has 0 spiro atoms. The molecule has 1 rings (SSSR count). The van der Waals surface area contributed by atoms with Gasteiger partial charge in [0, 0.05) is 0 Å². The fourth-order valence-electron chi connectivity index (χ4n) is 0.825. The third-order valence-electron chi connectivity index (χ3n) is 1.43. The molecule has 0 aliphatic rings. The number of aryl methyl sites for hydroxylation is 1. The van der Waals surface area contributed by atoms with Crippen molar-refractivity contribution < 1.29 is 9.90 Å². The molecule has 1 aromatic heterocycles. The first-order valence-corrected chi connectivity index (χ1v) is 4.08. The van der Waals surface area contributed by atoms with Gasteiger partial charge in [-0.2, -0.15) is 0 Å². The average Bonchev–Trinajstić information content (AvgIpc) is 2.31. The first-order valence-electron chi connectivity index (χ1n) is 3.26. The zero-order valence-corrected chi connectivity index (χ0v) is 6.94. The molecule has 0 fully saturated rings. The molecule has 0 unspecified atom stereocenters. The van der Waals surface area contributed by atoms with Crippen LogP contribution in [0.4, 0.5) is 5.00 Å². The van der Waals surface area contributed by atoms with Crippen molar-refractivity contribution in [3.63, 3.8) is 0 Å². The summed E-state index contributed by atoms with van der Waals surface area (Å²) in [6.07, 6.45) is 0.787. The van der Waals surface area contributed by atoms with Crippen molar-refractivity contribution in [3.05, 3.63) is 16.5 Å². The number of thiophene rings is 1. The van der Waals surface area contributed by atoms with Gasteiger partial charge < -0.3 is 10.8 Å². The third kappa shape index (κ3) is 1.51. The van der Waals surface area contributed by atoms with Crippen LogP contribution in [0.1, 0.15) is 22.2 Å². The van der Waals surface area contributed by atoms with Gasteiger partial charge in [0.05, 0.1) is 5.00 Å². The first kappa shape index (κ1) is 8.07. The number of aromatic carboxylic acids is 1. The first-order chi connectivity index (χ1) is 5.15. The molecule has 1 heterocycles. The molecule has 0 bridgehead atoms. The van der Waals surface area contributed by atoms with E-state index in [2.05, 4.69) is 0 Å². The molecule has 0 amide bonds. The van der Waals surface area contributed by atoms with E-state index in [0.717, 1.165) is 23.3 Å². The minimum absolute atomic E-state index is 0.319. The summed E-state index contributed by atoms with van der Waals surface area (Å²) in [6.45, 7) is 1.95. The summed E-state index contributed by atoms with van der Waals surface area (Å²) in [5, 5.41) is 9.19. The lowest BCUT2D eigenvalue weighted by atomic mass is 10.2. The maximum Gasteiger partial charge on any atom is 0.345 e. The van der Waals surface area contributed by atoms with Crippen molar-refractivity contribution in [2.45, 2.75) is 13.3 Å². The van der Waals surface area contributed by atoms with Gasteiger partial charge in [0.15, 0.2) is 0 Å². The summed E-state index contributed by atoms with van der Waals surface area (Å²) in [5.41, 5.74) is 6.47. The number of nitrogen functional groups attached to an aromatic ring is 1. The maximum atomic E-state index is 10.4. The Morgan fingerprint density at radius 3 is 2.73 bits per heavy atom. The zero-order chi connectivity index (χ0) is 8.43. The van der Waals surface area contributed by atoms with E-state index in [-0.39, 0.29) is 0 Å². The highest BCUT2D eigenvalue weighted by Gasteiger charge is 2.09. The van der Waals surface area contributed by atoms with Crippen LogP contribution >= 0.6 is 11.3 Å². The normalized spacial score (nSPS) is 9.91. The zero-order valence-electron chi connectivity index (χ0n) is 6.13. The number of carbonyl (C=O) groups is 1. The molecule has 11 heavy (non-hydrogen) atoms. The van der Waals surface area contributed by atoms with Crippen LogP contribution < -0.4 is 5.73 Å². The molecule has 1 aromatic rings. The van der Waals surface area contributed by atoms with Crippen molar-refractivity contribution in [3.8, 4) is 0 Å². The summed E-state index contributed by atoms with van der Waals surface area (Å²) in [7, 11) is 0. The Morgan fingerprint density at radius 1 is 1.82 bits per heavy atom. The van der Waals surface area contributed by atoms with E-state index in [1.165, 1.54) is 0 Å². The molecule has 0 saturated heterocycles. The number of anilines is 1. The highest BCUT2D eigenvalue weighted by Crippen LogP contribution is 2.24. The van der Waals surface area contributed by atoms with Crippen molar-refractivity contribution >= 4 is 22.3 Å². The molecule has 60 valence electrons. The Hall–Kier alpha value is -1.03. The largest absolute Gasteiger partial charge is 0.477 e. The number of hydrogen-bond donors (Lipinski definition) is 2. The Labute approximate surface area is 68.5 Å². The van der Waals surface area contributed by atoms with Crippen molar-refractivity contribution in [2.24, 2.45) is 0 Å². The molecule has 3 N–H and O–H groups in total. The number of rotatable bonds is 2. The quantitative estimate of drug-likeness (QED) is 0.710. The van der Waals surface area contributed by atoms with Crippen LogP contribution in [0.2, 0.25) is 0 Å². The van der Waals surface area contributed by atoms with E-state index >= 15 is 0 Å². The van der Waals surface area contributed by atoms with Gasteiger partial charge >= 0.3 is 5.97 Å². The lowest BCUT2D eigenvalue weighted by Gasteiger charge is -1.88. The highest BCUT2D eigenvalue weighted by atomic mass is 32.1. The fourth-order valence-corrected chi connectivity index (χ4v) is 1.68. The number of hydrogen-bond acceptors (Lipinski definition) is 3. The molecule has 0 radical (unpaired) electrons. The summed E-state index contributed by atoms with van der Waals surface area (Å²) < 4.78 is 0. The monoisotopic (exact) mass is 171 g/mol. The molecule has 0 saturated carbocycles. The van der Waals surface area contributed by atoms with Crippen LogP contribution in [0, 0.1) is 0 Å². The second kappa shape index (κ2) is 2.92. The molecule has 4 heteroatoms. The van der Waals surface area contributed by atoms with Gasteiger partial charge in [-0.05, 0) is 18.1 Å². The molecule has 0 atom stereocenters. The van der Waals surface area contributed by atoms with Crippen LogP contribution in [-0.4, -0.2) is 11.1 Å². The van der Waals surface area contributed by atoms with Gasteiger partial charge in [-0.15, -0.1) is 11.3 Å². The molecular weight excluding hydrogens is 162 g/mol. The molecule has 0 aromatic carbocycles. The van der Waals surface area contributed by atoms with Gasteiger partial charge in [-0.1, -0.05) is 6.92 Å². The van der Waals surface area contributed by atoms with Crippen LogP contribution in [0.25, 0.3) is 0 Å². The van der Waals surface area contributed by atoms with Crippen molar-refractivity contribution in [1.29, 1.82) is 0 Å². The Bertz CT molecular complexity index is 280. The lowest BCUT2D eigenvalue weighted by Crippen LogP contribution is -1.90. The minimum Gasteiger partial charge on any atom is -0.477 e. The summed E-state index contributed by atoms with van der Waals surface area (Å²) in [5.74, 6) is -0.901. The number of carboxylic acid groups (broad SMARTS) is 1. The third-order valence-corrected chi connectivity index (χ3v) is 2.43. The fraction of sp³-hybridized carbons (Fsp3) is 0.286. The number of nitrogens with two attached hydrogens (primary N) is 1. The summed E-state index contributed by atoms with van der Waals surface area (Å²) >= 11 is 1.13. The van der Waals surface area contributed by atoms with E-state index < -0.39 is 5.97 Å². The molecular formula is C7H9NO2S. The van der Waals surface area contributed by atoms with Gasteiger partial charge in [0.25, 0.3) is 0 Å². The minimum atomic E-state index is -0.901. The van der Waals surface area contributed by atoms with Crippen LogP contribution in [0.5, 0.6) is 0 Å². The van der Waals surface area contributed by atoms with Crippen molar-refractivity contribution in [2.75, 3.05) is 5.73 Å². The highest BCUT2D eigenvalue weighted by molar-refractivity contribution is 7.17. The van der Waals surface area contributed by atoms with Crippen LogP contribution in [0.3, 0.4) is 0 Å². The van der Waals surface area contributed by atoms with Gasteiger partial charge in [0.2, 0.25) is 0 Å². The predicted octanol–water partition coefficient (Wildman–Crippen LogP) is 1.59. The molecule has 0 aliphatic carbocycles. The van der Waals surface area contributed by atoms with E-state index in [1.807, 2.05) is 6.92 Å². The Balaban J connectivity index is 3.05. The topological polar surface area (TPSA) is 63.3 Å². The lowest BCUT2D eigenvalue weighted by molar-refractivity contribution is 0.0702. The van der Waals surface area contributed by atoms with E-state index in [9.17, 15) is 4.79 Å². The van der Waals surface area contributed by atoms with E-state index in [4.69, 9.17) is 10.8 Å². The van der Waals surface area contributed by atoms with Gasteiger partial charge in [-0.25, -0.2) is 4.79 Å². The smallest absolute Gasteiger partial charge is 0.345 e. The number of carboxylic acids is 1. The Morgan fingerprint density at radius 2 is 2.45 bits per heavy atom. The maximum absolute atomic E-state index is 10.4. The van der Waals surface area contributed by atoms with Crippen LogP contribution in [0.15, 0.2) is 6.07 Å². The van der Waals surface area contributed by atoms with Gasteiger partial charge in [0.1, 0.15) is 4.88 Å². The second-order valence-electron chi connectivity index (χ2n) is 2.16. The Kier molecular flexibility index (Phi) is 2.14. The van der Waals surface area contributed by atoms with Gasteiger partial charge in [-0.3, -0.25) is 0 Å². The summed E-state index contributed by atoms with van der Waals surface area (Å²) in [4.78, 5) is 10.8. The average molecular weight is 171 g/mol. The SMILES string of the molecule is CCc1cc(C(=O)O)sc1N. The molecule has 0 aliphatic heterocycles. The van der Waals surface area contributed by atoms with E-state index in [1.54, 1.807) is 6.07 Å².